The number of amides is 2. The number of hydrogen-bond acceptors (Lipinski definition) is 2. The molecule has 4 nitrogen and oxygen atoms in total. The molecule has 0 unspecified atom stereocenters. The van der Waals surface area contributed by atoms with Crippen LogP contribution in [0.2, 0.25) is 0 Å². The second-order valence-electron chi connectivity index (χ2n) is 6.72. The Bertz CT molecular complexity index is 706. The van der Waals surface area contributed by atoms with Crippen molar-refractivity contribution >= 4 is 11.8 Å². The van der Waals surface area contributed by atoms with Crippen molar-refractivity contribution in [1.29, 1.82) is 0 Å². The van der Waals surface area contributed by atoms with Gasteiger partial charge in [0.05, 0.1) is 0 Å². The molecule has 25 heavy (non-hydrogen) atoms. The van der Waals surface area contributed by atoms with Crippen LogP contribution < -0.4 is 5.32 Å². The number of benzene rings is 2. The fourth-order valence-electron chi connectivity index (χ4n) is 2.54. The van der Waals surface area contributed by atoms with Crippen molar-refractivity contribution in [3.05, 3.63) is 71.3 Å². The molecule has 0 saturated heterocycles. The van der Waals surface area contributed by atoms with Crippen LogP contribution in [0.25, 0.3) is 0 Å². The predicted molar refractivity (Wildman–Crippen MR) is 100 cm³/mol. The summed E-state index contributed by atoms with van der Waals surface area (Å²) < 4.78 is 0. The van der Waals surface area contributed by atoms with Crippen molar-refractivity contribution in [2.75, 3.05) is 0 Å². The first-order valence-corrected chi connectivity index (χ1v) is 8.64. The van der Waals surface area contributed by atoms with Crippen LogP contribution in [-0.2, 0) is 6.54 Å². The van der Waals surface area contributed by atoms with Gasteiger partial charge in [0.2, 0.25) is 0 Å². The molecule has 0 fully saturated rings. The van der Waals surface area contributed by atoms with Gasteiger partial charge in [0, 0.05) is 29.8 Å². The van der Waals surface area contributed by atoms with E-state index in [1.807, 2.05) is 62.9 Å². The Labute approximate surface area is 149 Å². The van der Waals surface area contributed by atoms with Crippen LogP contribution in [0.15, 0.2) is 54.6 Å². The average molecular weight is 338 g/mol. The van der Waals surface area contributed by atoms with E-state index in [-0.39, 0.29) is 23.9 Å². The van der Waals surface area contributed by atoms with Gasteiger partial charge in [0.15, 0.2) is 0 Å². The van der Waals surface area contributed by atoms with Crippen molar-refractivity contribution in [2.45, 2.75) is 46.3 Å². The van der Waals surface area contributed by atoms with E-state index in [4.69, 9.17) is 0 Å². The third kappa shape index (κ3) is 5.18. The average Bonchev–Trinajstić information content (AvgIpc) is 2.59. The summed E-state index contributed by atoms with van der Waals surface area (Å²) in [5.41, 5.74) is 2.24. The van der Waals surface area contributed by atoms with Crippen molar-refractivity contribution < 1.29 is 9.59 Å². The molecule has 4 heteroatoms. The zero-order valence-corrected chi connectivity index (χ0v) is 15.3. The molecule has 132 valence electrons. The van der Waals surface area contributed by atoms with E-state index in [1.54, 1.807) is 24.3 Å². The van der Waals surface area contributed by atoms with Gasteiger partial charge in [-0.05, 0) is 57.5 Å². The first-order chi connectivity index (χ1) is 11.9. The highest BCUT2D eigenvalue weighted by atomic mass is 16.2. The van der Waals surface area contributed by atoms with Crippen LogP contribution in [0.5, 0.6) is 0 Å². The zero-order chi connectivity index (χ0) is 18.4. The maximum atomic E-state index is 12.9. The van der Waals surface area contributed by atoms with Gasteiger partial charge in [-0.2, -0.15) is 0 Å². The highest BCUT2D eigenvalue weighted by Crippen LogP contribution is 2.14. The van der Waals surface area contributed by atoms with E-state index in [2.05, 4.69) is 5.32 Å². The summed E-state index contributed by atoms with van der Waals surface area (Å²) in [6, 6.07) is 16.9. The van der Waals surface area contributed by atoms with E-state index in [1.165, 1.54) is 0 Å². The fourth-order valence-corrected chi connectivity index (χ4v) is 2.54. The van der Waals surface area contributed by atoms with Crippen LogP contribution in [0.3, 0.4) is 0 Å². The minimum Gasteiger partial charge on any atom is -0.350 e. The van der Waals surface area contributed by atoms with Crippen LogP contribution >= 0.6 is 0 Å². The molecule has 0 aliphatic carbocycles. The van der Waals surface area contributed by atoms with E-state index < -0.39 is 0 Å². The lowest BCUT2D eigenvalue weighted by molar-refractivity contribution is 0.0690. The number of carbonyl (C=O) groups excluding carboxylic acids is 2. The lowest BCUT2D eigenvalue weighted by Crippen LogP contribution is -2.36. The van der Waals surface area contributed by atoms with E-state index in [9.17, 15) is 9.59 Å². The molecule has 0 saturated carbocycles. The normalized spacial score (nSPS) is 10.8. The van der Waals surface area contributed by atoms with Gasteiger partial charge in [-0.1, -0.05) is 30.3 Å². The van der Waals surface area contributed by atoms with Crippen LogP contribution in [0, 0.1) is 0 Å². The number of nitrogens with one attached hydrogen (secondary N) is 1. The minimum absolute atomic E-state index is 0.0327. The number of carbonyl (C=O) groups is 2. The van der Waals surface area contributed by atoms with E-state index in [0.717, 1.165) is 5.56 Å². The van der Waals surface area contributed by atoms with Crippen molar-refractivity contribution in [2.24, 2.45) is 0 Å². The molecular weight excluding hydrogens is 312 g/mol. The van der Waals surface area contributed by atoms with Crippen LogP contribution in [0.4, 0.5) is 0 Å². The van der Waals surface area contributed by atoms with Gasteiger partial charge in [-0.3, -0.25) is 9.59 Å². The molecule has 2 rings (SSSR count). The quantitative estimate of drug-likeness (QED) is 0.869. The molecule has 0 radical (unpaired) electrons. The Morgan fingerprint density at radius 2 is 1.44 bits per heavy atom. The second kappa shape index (κ2) is 8.47. The molecule has 0 heterocycles. The summed E-state index contributed by atoms with van der Waals surface area (Å²) in [7, 11) is 0. The van der Waals surface area contributed by atoms with Gasteiger partial charge < -0.3 is 10.2 Å². The maximum Gasteiger partial charge on any atom is 0.254 e. The Morgan fingerprint density at radius 3 is 1.96 bits per heavy atom. The van der Waals surface area contributed by atoms with Gasteiger partial charge in [0.1, 0.15) is 0 Å². The molecule has 2 amide bonds. The molecule has 0 aromatic heterocycles. The van der Waals surface area contributed by atoms with Gasteiger partial charge in [-0.25, -0.2) is 0 Å². The molecule has 2 aromatic rings. The van der Waals surface area contributed by atoms with Gasteiger partial charge >= 0.3 is 0 Å². The second-order valence-corrected chi connectivity index (χ2v) is 6.72. The van der Waals surface area contributed by atoms with E-state index >= 15 is 0 Å². The molecule has 0 aliphatic heterocycles. The summed E-state index contributed by atoms with van der Waals surface area (Å²) in [5, 5.41) is 2.85. The standard InChI is InChI=1S/C21H26N2O2/c1-15(2)22-20(24)18-10-12-19(13-11-18)21(25)23(16(3)4)14-17-8-6-5-7-9-17/h5-13,15-16H,14H2,1-4H3,(H,22,24). The fraction of sp³-hybridized carbons (Fsp3) is 0.333. The van der Waals surface area contributed by atoms with Crippen molar-refractivity contribution in [1.82, 2.24) is 10.2 Å². The monoisotopic (exact) mass is 338 g/mol. The minimum atomic E-state index is -0.126. The highest BCUT2D eigenvalue weighted by Gasteiger charge is 2.19. The molecular formula is C21H26N2O2. The molecule has 0 bridgehead atoms. The molecule has 1 N–H and O–H groups in total. The number of nitrogens with zero attached hydrogens (tertiary/aromatic N) is 1. The third-order valence-electron chi connectivity index (χ3n) is 3.89. The predicted octanol–water partition coefficient (Wildman–Crippen LogP) is 3.88. The largest absolute Gasteiger partial charge is 0.350 e. The highest BCUT2D eigenvalue weighted by molar-refractivity contribution is 5.98. The maximum absolute atomic E-state index is 12.9. The smallest absolute Gasteiger partial charge is 0.254 e. The summed E-state index contributed by atoms with van der Waals surface area (Å²) >= 11 is 0. The Balaban J connectivity index is 2.15. The lowest BCUT2D eigenvalue weighted by Gasteiger charge is -2.27. The summed E-state index contributed by atoms with van der Waals surface area (Å²) in [5.74, 6) is -0.159. The summed E-state index contributed by atoms with van der Waals surface area (Å²) in [6.07, 6.45) is 0. The summed E-state index contributed by atoms with van der Waals surface area (Å²) in [4.78, 5) is 26.7. The SMILES string of the molecule is CC(C)NC(=O)c1ccc(C(=O)N(Cc2ccccc2)C(C)C)cc1. The van der Waals surface area contributed by atoms with Crippen molar-refractivity contribution in [3.8, 4) is 0 Å². The number of hydrogen-bond donors (Lipinski definition) is 1. The van der Waals surface area contributed by atoms with Gasteiger partial charge in [0.25, 0.3) is 11.8 Å². The summed E-state index contributed by atoms with van der Waals surface area (Å²) in [6.45, 7) is 8.41. The Hall–Kier alpha value is -2.62. The molecule has 2 aromatic carbocycles. The number of rotatable bonds is 6. The first kappa shape index (κ1) is 18.7. The van der Waals surface area contributed by atoms with Gasteiger partial charge in [-0.15, -0.1) is 0 Å². The Kier molecular flexibility index (Phi) is 6.34. The van der Waals surface area contributed by atoms with Crippen molar-refractivity contribution in [3.63, 3.8) is 0 Å². The molecule has 0 aliphatic rings. The Morgan fingerprint density at radius 1 is 0.880 bits per heavy atom. The van der Waals surface area contributed by atoms with Crippen LogP contribution in [0.1, 0.15) is 54.0 Å². The lowest BCUT2D eigenvalue weighted by atomic mass is 10.1. The molecule has 0 spiro atoms. The third-order valence-corrected chi connectivity index (χ3v) is 3.89. The molecule has 0 atom stereocenters. The van der Waals surface area contributed by atoms with Crippen LogP contribution in [-0.4, -0.2) is 28.8 Å². The first-order valence-electron chi connectivity index (χ1n) is 8.64. The van der Waals surface area contributed by atoms with E-state index in [0.29, 0.717) is 17.7 Å². The zero-order valence-electron chi connectivity index (χ0n) is 15.3. The topological polar surface area (TPSA) is 49.4 Å².